The van der Waals surface area contributed by atoms with Crippen molar-refractivity contribution in [1.82, 2.24) is 9.88 Å². The maximum atomic E-state index is 11.1. The summed E-state index contributed by atoms with van der Waals surface area (Å²) in [4.78, 5) is 18.3. The number of anilines is 1. The third-order valence-corrected chi connectivity index (χ3v) is 3.39. The molecule has 1 amide bonds. The number of carbonyl (C=O) groups excluding carboxylic acids is 1. The number of nitrogens with two attached hydrogens (primary N) is 2. The van der Waals surface area contributed by atoms with E-state index in [4.69, 9.17) is 11.5 Å². The van der Waals surface area contributed by atoms with Gasteiger partial charge >= 0.3 is 0 Å². The van der Waals surface area contributed by atoms with Gasteiger partial charge in [-0.15, -0.1) is 11.3 Å². The van der Waals surface area contributed by atoms with Crippen LogP contribution in [0.25, 0.3) is 0 Å². The molecule has 6 heteroatoms. The van der Waals surface area contributed by atoms with Crippen LogP contribution in [0, 0.1) is 0 Å². The van der Waals surface area contributed by atoms with Crippen LogP contribution in [0.2, 0.25) is 0 Å². The van der Waals surface area contributed by atoms with Crippen LogP contribution in [0.1, 0.15) is 10.4 Å². The van der Waals surface area contributed by atoms with E-state index in [1.165, 1.54) is 0 Å². The average molecular weight is 276 g/mol. The Morgan fingerprint density at radius 1 is 1.26 bits per heavy atom. The van der Waals surface area contributed by atoms with Gasteiger partial charge in [0.25, 0.3) is 0 Å². The second-order valence-corrected chi connectivity index (χ2v) is 5.29. The number of hydrogen-bond donors (Lipinski definition) is 2. The van der Waals surface area contributed by atoms with Gasteiger partial charge in [0, 0.05) is 29.9 Å². The Morgan fingerprint density at radius 3 is 2.58 bits per heavy atom. The minimum Gasteiger partial charge on any atom is -0.399 e. The van der Waals surface area contributed by atoms with Gasteiger partial charge in [0.15, 0.2) is 0 Å². The van der Waals surface area contributed by atoms with Crippen molar-refractivity contribution < 1.29 is 4.79 Å². The Labute approximate surface area is 115 Å². The number of primary amides is 1. The number of carbonyl (C=O) groups is 1. The van der Waals surface area contributed by atoms with Gasteiger partial charge in [-0.05, 0) is 17.7 Å². The summed E-state index contributed by atoms with van der Waals surface area (Å²) in [7, 11) is 0. The lowest BCUT2D eigenvalue weighted by Gasteiger charge is -2.19. The Morgan fingerprint density at radius 2 is 2.00 bits per heavy atom. The first kappa shape index (κ1) is 13.5. The quantitative estimate of drug-likeness (QED) is 0.777. The predicted molar refractivity (Wildman–Crippen MR) is 76.3 cm³/mol. The van der Waals surface area contributed by atoms with Gasteiger partial charge in [-0.2, -0.15) is 0 Å². The minimum atomic E-state index is -0.333. The van der Waals surface area contributed by atoms with E-state index in [-0.39, 0.29) is 12.5 Å². The third-order valence-electron chi connectivity index (χ3n) is 2.63. The van der Waals surface area contributed by atoms with Crippen LogP contribution in [-0.2, 0) is 17.9 Å². The van der Waals surface area contributed by atoms with E-state index in [1.807, 2.05) is 35.4 Å². The first-order valence-corrected chi connectivity index (χ1v) is 6.74. The lowest BCUT2D eigenvalue weighted by atomic mass is 10.2. The number of aromatic nitrogens is 1. The SMILES string of the molecule is NC(=O)CN(Cc1ccc(N)cc1)Cc1cncs1. The van der Waals surface area contributed by atoms with Crippen molar-refractivity contribution in [3.05, 3.63) is 46.4 Å². The van der Waals surface area contributed by atoms with E-state index in [0.29, 0.717) is 13.1 Å². The molecule has 0 spiro atoms. The van der Waals surface area contributed by atoms with Gasteiger partial charge in [0.05, 0.1) is 12.1 Å². The highest BCUT2D eigenvalue weighted by atomic mass is 32.1. The van der Waals surface area contributed by atoms with Gasteiger partial charge in [-0.3, -0.25) is 14.7 Å². The third kappa shape index (κ3) is 4.35. The maximum absolute atomic E-state index is 11.1. The van der Waals surface area contributed by atoms with Gasteiger partial charge < -0.3 is 11.5 Å². The molecule has 0 atom stereocenters. The molecule has 0 saturated carbocycles. The van der Waals surface area contributed by atoms with E-state index in [1.54, 1.807) is 16.8 Å². The molecule has 2 rings (SSSR count). The Kier molecular flexibility index (Phi) is 4.48. The summed E-state index contributed by atoms with van der Waals surface area (Å²) in [5.41, 5.74) is 14.5. The maximum Gasteiger partial charge on any atom is 0.231 e. The predicted octanol–water partition coefficient (Wildman–Crippen LogP) is 1.21. The highest BCUT2D eigenvalue weighted by Gasteiger charge is 2.11. The smallest absolute Gasteiger partial charge is 0.231 e. The van der Waals surface area contributed by atoms with Crippen LogP contribution in [-0.4, -0.2) is 22.3 Å². The second kappa shape index (κ2) is 6.31. The van der Waals surface area contributed by atoms with Crippen molar-refractivity contribution in [1.29, 1.82) is 0 Å². The van der Waals surface area contributed by atoms with Crippen molar-refractivity contribution >= 4 is 22.9 Å². The van der Waals surface area contributed by atoms with Crippen molar-refractivity contribution in [2.75, 3.05) is 12.3 Å². The molecule has 0 bridgehead atoms. The molecule has 4 N–H and O–H groups in total. The first-order chi connectivity index (χ1) is 9.13. The second-order valence-electron chi connectivity index (χ2n) is 4.32. The molecule has 5 nitrogen and oxygen atoms in total. The van der Waals surface area contributed by atoms with E-state index >= 15 is 0 Å². The fourth-order valence-electron chi connectivity index (χ4n) is 1.81. The Balaban J connectivity index is 2.04. The molecule has 0 aliphatic heterocycles. The molecular weight excluding hydrogens is 260 g/mol. The van der Waals surface area contributed by atoms with Gasteiger partial charge in [0.2, 0.25) is 5.91 Å². The summed E-state index contributed by atoms with van der Waals surface area (Å²) in [6.45, 7) is 1.54. The molecule has 0 aliphatic rings. The zero-order valence-corrected chi connectivity index (χ0v) is 11.3. The van der Waals surface area contributed by atoms with E-state index < -0.39 is 0 Å². The highest BCUT2D eigenvalue weighted by Crippen LogP contribution is 2.13. The molecule has 100 valence electrons. The summed E-state index contributed by atoms with van der Waals surface area (Å²) < 4.78 is 0. The summed E-state index contributed by atoms with van der Waals surface area (Å²) in [5, 5.41) is 0. The summed E-state index contributed by atoms with van der Waals surface area (Å²) in [6.07, 6.45) is 1.81. The molecule has 1 aromatic heterocycles. The van der Waals surface area contributed by atoms with Crippen molar-refractivity contribution in [2.24, 2.45) is 5.73 Å². The fraction of sp³-hybridized carbons (Fsp3) is 0.231. The summed E-state index contributed by atoms with van der Waals surface area (Å²) in [6, 6.07) is 7.61. The molecule has 1 aromatic carbocycles. The molecule has 1 heterocycles. The largest absolute Gasteiger partial charge is 0.399 e. The Hall–Kier alpha value is -1.92. The van der Waals surface area contributed by atoms with Crippen LogP contribution in [0.4, 0.5) is 5.69 Å². The molecule has 2 aromatic rings. The van der Waals surface area contributed by atoms with Gasteiger partial charge in [-0.1, -0.05) is 12.1 Å². The number of thiazole rings is 1. The molecule has 0 radical (unpaired) electrons. The van der Waals surface area contributed by atoms with Crippen molar-refractivity contribution in [3.63, 3.8) is 0 Å². The van der Waals surface area contributed by atoms with Gasteiger partial charge in [0.1, 0.15) is 0 Å². The zero-order valence-electron chi connectivity index (χ0n) is 10.5. The molecule has 19 heavy (non-hydrogen) atoms. The van der Waals surface area contributed by atoms with Crippen LogP contribution in [0.15, 0.2) is 36.0 Å². The van der Waals surface area contributed by atoms with E-state index in [0.717, 1.165) is 16.1 Å². The van der Waals surface area contributed by atoms with E-state index in [9.17, 15) is 4.79 Å². The molecule has 0 unspecified atom stereocenters. The molecule has 0 saturated heterocycles. The highest BCUT2D eigenvalue weighted by molar-refractivity contribution is 7.09. The normalized spacial score (nSPS) is 10.8. The number of benzene rings is 1. The van der Waals surface area contributed by atoms with Crippen molar-refractivity contribution in [2.45, 2.75) is 13.1 Å². The monoisotopic (exact) mass is 276 g/mol. The Bertz CT molecular complexity index is 524. The zero-order chi connectivity index (χ0) is 13.7. The molecule has 0 fully saturated rings. The summed E-state index contributed by atoms with van der Waals surface area (Å²) in [5.74, 6) is -0.333. The molecule has 0 aliphatic carbocycles. The van der Waals surface area contributed by atoms with Crippen LogP contribution >= 0.6 is 11.3 Å². The lowest BCUT2D eigenvalue weighted by Crippen LogP contribution is -2.32. The lowest BCUT2D eigenvalue weighted by molar-refractivity contribution is -0.119. The summed E-state index contributed by atoms with van der Waals surface area (Å²) >= 11 is 1.57. The fourth-order valence-corrected chi connectivity index (χ4v) is 2.45. The standard InChI is InChI=1S/C13H16N4OS/c14-11-3-1-10(2-4-11)6-17(8-13(15)18)7-12-5-16-9-19-12/h1-5,9H,6-8,14H2,(H2,15,18). The topological polar surface area (TPSA) is 85.2 Å². The number of hydrogen-bond acceptors (Lipinski definition) is 5. The number of rotatable bonds is 6. The van der Waals surface area contributed by atoms with Crippen LogP contribution < -0.4 is 11.5 Å². The molecular formula is C13H16N4OS. The van der Waals surface area contributed by atoms with Crippen LogP contribution in [0.5, 0.6) is 0 Å². The minimum absolute atomic E-state index is 0.224. The van der Waals surface area contributed by atoms with Gasteiger partial charge in [-0.25, -0.2) is 0 Å². The first-order valence-electron chi connectivity index (χ1n) is 5.86. The number of nitrogen functional groups attached to an aromatic ring is 1. The number of nitrogens with zero attached hydrogens (tertiary/aromatic N) is 2. The van der Waals surface area contributed by atoms with E-state index in [2.05, 4.69) is 4.98 Å². The van der Waals surface area contributed by atoms with Crippen LogP contribution in [0.3, 0.4) is 0 Å². The average Bonchev–Trinajstić information content (AvgIpc) is 2.84. The van der Waals surface area contributed by atoms with Crippen molar-refractivity contribution in [3.8, 4) is 0 Å². The number of amides is 1.